The molecule has 3 rings (SSSR count). The van der Waals surface area contributed by atoms with Crippen LogP contribution in [-0.4, -0.2) is 29.9 Å². The lowest BCUT2D eigenvalue weighted by Gasteiger charge is -2.05. The van der Waals surface area contributed by atoms with E-state index in [0.29, 0.717) is 13.1 Å². The van der Waals surface area contributed by atoms with Crippen molar-refractivity contribution >= 4 is 23.2 Å². The number of hydrogen-bond donors (Lipinski definition) is 2. The number of aromatic nitrogens is 1. The van der Waals surface area contributed by atoms with Gasteiger partial charge in [-0.3, -0.25) is 9.59 Å². The molecule has 0 saturated carbocycles. The fraction of sp³-hybridized carbons (Fsp3) is 0.167. The quantitative estimate of drug-likeness (QED) is 0.638. The summed E-state index contributed by atoms with van der Waals surface area (Å²) >= 11 is 1.52. The number of carbonyl (C=O) groups excluding carboxylic acids is 2. The van der Waals surface area contributed by atoms with Gasteiger partial charge >= 0.3 is 0 Å². The number of benzene rings is 1. The van der Waals surface area contributed by atoms with E-state index in [1.54, 1.807) is 12.1 Å². The summed E-state index contributed by atoms with van der Waals surface area (Å²) in [5.74, 6) is -0.175. The molecule has 0 saturated heterocycles. The van der Waals surface area contributed by atoms with E-state index in [1.165, 1.54) is 17.6 Å². The molecule has 0 aliphatic heterocycles. The van der Waals surface area contributed by atoms with Gasteiger partial charge in [0.1, 0.15) is 5.01 Å². The number of thiazole rings is 1. The van der Waals surface area contributed by atoms with Crippen LogP contribution in [0.1, 0.15) is 16.2 Å². The highest BCUT2D eigenvalue weighted by molar-refractivity contribution is 7.13. The third-order valence-corrected chi connectivity index (χ3v) is 4.33. The predicted octanol–water partition coefficient (Wildman–Crippen LogP) is 2.49. The maximum Gasteiger partial charge on any atom is 0.287 e. The van der Waals surface area contributed by atoms with Crippen molar-refractivity contribution in [3.05, 3.63) is 65.6 Å². The second kappa shape index (κ2) is 8.25. The van der Waals surface area contributed by atoms with Gasteiger partial charge in [-0.05, 0) is 12.1 Å². The molecule has 0 bridgehead atoms. The molecule has 2 amide bonds. The van der Waals surface area contributed by atoms with E-state index in [0.717, 1.165) is 16.3 Å². The Kier molecular flexibility index (Phi) is 5.58. The van der Waals surface area contributed by atoms with Crippen molar-refractivity contribution in [2.24, 2.45) is 0 Å². The first-order valence-corrected chi connectivity index (χ1v) is 8.68. The second-order valence-electron chi connectivity index (χ2n) is 5.27. The molecular formula is C18H17N3O3S. The highest BCUT2D eigenvalue weighted by Gasteiger charge is 2.10. The van der Waals surface area contributed by atoms with Crippen molar-refractivity contribution < 1.29 is 14.0 Å². The third-order valence-electron chi connectivity index (χ3n) is 3.39. The smallest absolute Gasteiger partial charge is 0.287 e. The van der Waals surface area contributed by atoms with Gasteiger partial charge in [0.05, 0.1) is 18.4 Å². The molecule has 25 heavy (non-hydrogen) atoms. The van der Waals surface area contributed by atoms with Crippen LogP contribution in [0, 0.1) is 0 Å². The van der Waals surface area contributed by atoms with Crippen molar-refractivity contribution in [2.75, 3.05) is 13.1 Å². The van der Waals surface area contributed by atoms with Crippen LogP contribution in [0.5, 0.6) is 0 Å². The van der Waals surface area contributed by atoms with E-state index in [4.69, 9.17) is 4.42 Å². The van der Waals surface area contributed by atoms with Crippen LogP contribution in [-0.2, 0) is 11.2 Å². The first-order valence-electron chi connectivity index (χ1n) is 7.80. The third kappa shape index (κ3) is 4.77. The minimum Gasteiger partial charge on any atom is -0.459 e. The molecule has 0 spiro atoms. The molecular weight excluding hydrogens is 338 g/mol. The second-order valence-corrected chi connectivity index (χ2v) is 6.13. The molecule has 6 nitrogen and oxygen atoms in total. The molecule has 2 heterocycles. The Hall–Kier alpha value is -2.93. The van der Waals surface area contributed by atoms with Crippen LogP contribution in [0.4, 0.5) is 0 Å². The lowest BCUT2D eigenvalue weighted by Crippen LogP contribution is -2.35. The number of nitrogens with zero attached hydrogens (tertiary/aromatic N) is 1. The Morgan fingerprint density at radius 3 is 2.60 bits per heavy atom. The van der Waals surface area contributed by atoms with Gasteiger partial charge in [-0.1, -0.05) is 30.3 Å². The number of furan rings is 1. The molecule has 3 aromatic rings. The highest BCUT2D eigenvalue weighted by Crippen LogP contribution is 2.23. The zero-order valence-electron chi connectivity index (χ0n) is 13.4. The normalized spacial score (nSPS) is 10.4. The van der Waals surface area contributed by atoms with Crippen molar-refractivity contribution in [1.29, 1.82) is 0 Å². The Balaban J connectivity index is 1.41. The summed E-state index contributed by atoms with van der Waals surface area (Å²) in [6, 6.07) is 13.1. The van der Waals surface area contributed by atoms with Crippen molar-refractivity contribution in [2.45, 2.75) is 6.42 Å². The Labute approximate surface area is 148 Å². The molecule has 0 aliphatic carbocycles. The summed E-state index contributed by atoms with van der Waals surface area (Å²) in [7, 11) is 0. The Morgan fingerprint density at radius 2 is 1.84 bits per heavy atom. The van der Waals surface area contributed by atoms with E-state index in [1.807, 2.05) is 35.7 Å². The summed E-state index contributed by atoms with van der Waals surface area (Å²) in [5.41, 5.74) is 1.78. The van der Waals surface area contributed by atoms with Gasteiger partial charge in [0.2, 0.25) is 5.91 Å². The summed E-state index contributed by atoms with van der Waals surface area (Å²) in [5, 5.41) is 8.22. The standard InChI is InChI=1S/C18H17N3O3S/c22-16(19-8-9-20-17(23)15-7-4-10-24-15)11-14-12-25-18(21-14)13-5-2-1-3-6-13/h1-7,10,12H,8-9,11H2,(H,19,22)(H,20,23). The highest BCUT2D eigenvalue weighted by atomic mass is 32.1. The van der Waals surface area contributed by atoms with Gasteiger partial charge in [0, 0.05) is 24.0 Å². The number of nitrogens with one attached hydrogen (secondary N) is 2. The minimum absolute atomic E-state index is 0.128. The maximum atomic E-state index is 12.0. The van der Waals surface area contributed by atoms with E-state index in [-0.39, 0.29) is 24.0 Å². The minimum atomic E-state index is -0.300. The molecule has 0 fully saturated rings. The van der Waals surface area contributed by atoms with E-state index in [9.17, 15) is 9.59 Å². The Morgan fingerprint density at radius 1 is 1.04 bits per heavy atom. The first kappa shape index (κ1) is 16.9. The molecule has 0 unspecified atom stereocenters. The van der Waals surface area contributed by atoms with Gasteiger partial charge in [-0.2, -0.15) is 0 Å². The van der Waals surface area contributed by atoms with Crippen LogP contribution in [0.15, 0.2) is 58.5 Å². The number of hydrogen-bond acceptors (Lipinski definition) is 5. The summed E-state index contributed by atoms with van der Waals surface area (Å²) in [6.07, 6.45) is 1.66. The largest absolute Gasteiger partial charge is 0.459 e. The monoisotopic (exact) mass is 355 g/mol. The van der Waals surface area contributed by atoms with E-state index in [2.05, 4.69) is 15.6 Å². The van der Waals surface area contributed by atoms with Crippen molar-refractivity contribution in [1.82, 2.24) is 15.6 Å². The van der Waals surface area contributed by atoms with Gasteiger partial charge in [-0.25, -0.2) is 4.98 Å². The summed E-state index contributed by atoms with van der Waals surface area (Å²) < 4.78 is 4.98. The molecule has 0 radical (unpaired) electrons. The topological polar surface area (TPSA) is 84.2 Å². The SMILES string of the molecule is O=C(Cc1csc(-c2ccccc2)n1)NCCNC(=O)c1ccco1. The van der Waals surface area contributed by atoms with E-state index >= 15 is 0 Å². The van der Waals surface area contributed by atoms with Crippen LogP contribution < -0.4 is 10.6 Å². The van der Waals surface area contributed by atoms with Gasteiger partial charge in [0.15, 0.2) is 5.76 Å². The summed E-state index contributed by atoms with van der Waals surface area (Å²) in [4.78, 5) is 28.1. The lowest BCUT2D eigenvalue weighted by molar-refractivity contribution is -0.120. The van der Waals surface area contributed by atoms with Crippen molar-refractivity contribution in [3.63, 3.8) is 0 Å². The van der Waals surface area contributed by atoms with Crippen LogP contribution in [0.2, 0.25) is 0 Å². The fourth-order valence-electron chi connectivity index (χ4n) is 2.20. The number of carbonyl (C=O) groups is 2. The molecule has 7 heteroatoms. The van der Waals surface area contributed by atoms with Crippen LogP contribution in [0.3, 0.4) is 0 Å². The van der Waals surface area contributed by atoms with Crippen LogP contribution in [0.25, 0.3) is 10.6 Å². The Bertz CT molecular complexity index is 828. The summed E-state index contributed by atoms with van der Waals surface area (Å²) in [6.45, 7) is 0.679. The van der Waals surface area contributed by atoms with Crippen LogP contribution >= 0.6 is 11.3 Å². The molecule has 0 aliphatic rings. The lowest BCUT2D eigenvalue weighted by atomic mass is 10.2. The first-order chi connectivity index (χ1) is 12.2. The maximum absolute atomic E-state index is 12.0. The fourth-order valence-corrected chi connectivity index (χ4v) is 3.03. The molecule has 1 aromatic carbocycles. The zero-order valence-corrected chi connectivity index (χ0v) is 14.2. The van der Waals surface area contributed by atoms with Gasteiger partial charge in [0.25, 0.3) is 5.91 Å². The number of rotatable bonds is 7. The zero-order chi connectivity index (χ0) is 17.5. The van der Waals surface area contributed by atoms with Crippen molar-refractivity contribution in [3.8, 4) is 10.6 Å². The molecule has 128 valence electrons. The van der Waals surface area contributed by atoms with E-state index < -0.39 is 0 Å². The predicted molar refractivity (Wildman–Crippen MR) is 95.3 cm³/mol. The molecule has 0 atom stereocenters. The average Bonchev–Trinajstić information content (AvgIpc) is 3.31. The van der Waals surface area contributed by atoms with Gasteiger partial charge in [-0.15, -0.1) is 11.3 Å². The molecule has 2 N–H and O–H groups in total. The average molecular weight is 355 g/mol. The van der Waals surface area contributed by atoms with Gasteiger partial charge < -0.3 is 15.1 Å². The molecule has 2 aromatic heterocycles. The number of amides is 2.